The number of rotatable bonds is 6. The first-order valence-electron chi connectivity index (χ1n) is 13.9. The Bertz CT molecular complexity index is 1610. The number of fused-ring (bicyclic) bond motifs is 2. The molecule has 0 radical (unpaired) electrons. The number of para-hydroxylation sites is 1. The highest BCUT2D eigenvalue weighted by Crippen LogP contribution is 2.37. The molecule has 0 saturated carbocycles. The molecule has 7 nitrogen and oxygen atoms in total. The number of nitrogens with one attached hydrogen (secondary N) is 2. The molecule has 9 heteroatoms. The van der Waals surface area contributed by atoms with Gasteiger partial charge in [0.15, 0.2) is 5.11 Å². The topological polar surface area (TPSA) is 89.6 Å². The van der Waals surface area contributed by atoms with Crippen LogP contribution in [0.5, 0.6) is 5.75 Å². The fraction of sp³-hybridized carbons (Fsp3) is 0.312. The summed E-state index contributed by atoms with van der Waals surface area (Å²) in [6.45, 7) is 3.95. The fourth-order valence-electron chi connectivity index (χ4n) is 5.14. The van der Waals surface area contributed by atoms with Crippen molar-refractivity contribution >= 4 is 56.4 Å². The standard InChI is InChI=1S/C32H33N3O4S2/c1-19(2)39-21-12-10-11-20(17-21)26-18-24(22-13-8-9-15-25(22)33-26)29(36)34-32(40)35-30-28(31(37)38-3)23-14-6-4-5-7-16-27(23)41-30/h8-13,15,17-19H,4-7,14,16H2,1-3H3,(H2,34,35,36,40). The Morgan fingerprint density at radius 3 is 2.56 bits per heavy atom. The van der Waals surface area contributed by atoms with E-state index in [0.29, 0.717) is 32.7 Å². The second kappa shape index (κ2) is 12.8. The molecular formula is C32H33N3O4S2. The van der Waals surface area contributed by atoms with E-state index in [1.807, 2.05) is 62.4 Å². The number of thiocarbonyl (C=S) groups is 1. The van der Waals surface area contributed by atoms with Crippen LogP contribution in [0.4, 0.5) is 5.00 Å². The number of benzene rings is 2. The van der Waals surface area contributed by atoms with Crippen molar-refractivity contribution in [3.63, 3.8) is 0 Å². The monoisotopic (exact) mass is 587 g/mol. The van der Waals surface area contributed by atoms with Crippen LogP contribution < -0.4 is 15.4 Å². The molecule has 0 fully saturated rings. The van der Waals surface area contributed by atoms with Crippen molar-refractivity contribution in [3.8, 4) is 17.0 Å². The first kappa shape index (κ1) is 28.7. The normalized spacial score (nSPS) is 13.2. The van der Waals surface area contributed by atoms with Crippen LogP contribution in [0.25, 0.3) is 22.2 Å². The Morgan fingerprint density at radius 1 is 1.00 bits per heavy atom. The molecule has 41 heavy (non-hydrogen) atoms. The molecule has 0 atom stereocenters. The SMILES string of the molecule is COC(=O)c1c(NC(=S)NC(=O)c2cc(-c3cccc(OC(C)C)c3)nc3ccccc23)sc2c1CCCCCC2. The molecule has 0 saturated heterocycles. The molecule has 0 bridgehead atoms. The number of anilines is 1. The molecule has 1 amide bonds. The molecule has 0 spiro atoms. The third-order valence-electron chi connectivity index (χ3n) is 6.98. The van der Waals surface area contributed by atoms with Crippen molar-refractivity contribution in [2.75, 3.05) is 12.4 Å². The zero-order valence-electron chi connectivity index (χ0n) is 23.4. The number of pyridine rings is 1. The van der Waals surface area contributed by atoms with E-state index in [1.54, 1.807) is 6.07 Å². The number of ether oxygens (including phenoxy) is 2. The largest absolute Gasteiger partial charge is 0.491 e. The number of esters is 1. The summed E-state index contributed by atoms with van der Waals surface area (Å²) >= 11 is 7.09. The zero-order chi connectivity index (χ0) is 28.9. The molecule has 212 valence electrons. The number of nitrogens with zero attached hydrogens (tertiary/aromatic N) is 1. The van der Waals surface area contributed by atoms with Crippen molar-refractivity contribution < 1.29 is 19.1 Å². The minimum atomic E-state index is -0.395. The van der Waals surface area contributed by atoms with Crippen LogP contribution in [0.2, 0.25) is 0 Å². The van der Waals surface area contributed by atoms with Gasteiger partial charge < -0.3 is 14.8 Å². The summed E-state index contributed by atoms with van der Waals surface area (Å²) in [6.07, 6.45) is 6.21. The van der Waals surface area contributed by atoms with Gasteiger partial charge in [-0.3, -0.25) is 10.1 Å². The van der Waals surface area contributed by atoms with Gasteiger partial charge in [-0.2, -0.15) is 0 Å². The lowest BCUT2D eigenvalue weighted by Crippen LogP contribution is -2.34. The van der Waals surface area contributed by atoms with E-state index >= 15 is 0 Å². The highest BCUT2D eigenvalue weighted by Gasteiger charge is 2.26. The van der Waals surface area contributed by atoms with Crippen molar-refractivity contribution in [2.45, 2.75) is 58.5 Å². The van der Waals surface area contributed by atoms with Gasteiger partial charge in [-0.25, -0.2) is 9.78 Å². The first-order valence-corrected chi connectivity index (χ1v) is 15.1. The second-order valence-electron chi connectivity index (χ2n) is 10.3. The van der Waals surface area contributed by atoms with Crippen molar-refractivity contribution in [2.24, 2.45) is 0 Å². The predicted molar refractivity (Wildman–Crippen MR) is 168 cm³/mol. The quantitative estimate of drug-likeness (QED) is 0.180. The highest BCUT2D eigenvalue weighted by molar-refractivity contribution is 7.80. The Kier molecular flexibility index (Phi) is 8.95. The number of aryl methyl sites for hydroxylation is 1. The summed E-state index contributed by atoms with van der Waals surface area (Å²) in [4.78, 5) is 32.4. The smallest absolute Gasteiger partial charge is 0.341 e. The predicted octanol–water partition coefficient (Wildman–Crippen LogP) is 7.32. The van der Waals surface area contributed by atoms with E-state index in [4.69, 9.17) is 26.7 Å². The minimum Gasteiger partial charge on any atom is -0.491 e. The van der Waals surface area contributed by atoms with Crippen LogP contribution in [0.15, 0.2) is 54.6 Å². The van der Waals surface area contributed by atoms with Crippen LogP contribution in [-0.4, -0.2) is 35.2 Å². The number of amides is 1. The average Bonchev–Trinajstić information content (AvgIpc) is 3.26. The van der Waals surface area contributed by atoms with E-state index in [-0.39, 0.29) is 17.1 Å². The van der Waals surface area contributed by atoms with E-state index in [2.05, 4.69) is 10.6 Å². The molecule has 0 aliphatic heterocycles. The molecule has 1 aliphatic rings. The Labute approximate surface area is 249 Å². The number of aromatic nitrogens is 1. The maximum absolute atomic E-state index is 13.6. The molecule has 1 aliphatic carbocycles. The highest BCUT2D eigenvalue weighted by atomic mass is 32.1. The summed E-state index contributed by atoms with van der Waals surface area (Å²) in [5, 5.41) is 7.39. The molecule has 2 N–H and O–H groups in total. The Morgan fingerprint density at radius 2 is 1.78 bits per heavy atom. The molecule has 2 aromatic carbocycles. The van der Waals surface area contributed by atoms with Gasteiger partial charge in [0.25, 0.3) is 5.91 Å². The van der Waals surface area contributed by atoms with Crippen LogP contribution in [0.1, 0.15) is 70.7 Å². The number of carbonyl (C=O) groups excluding carboxylic acids is 2. The van der Waals surface area contributed by atoms with Crippen LogP contribution in [-0.2, 0) is 17.6 Å². The van der Waals surface area contributed by atoms with Gasteiger partial charge in [-0.1, -0.05) is 43.2 Å². The average molecular weight is 588 g/mol. The van der Waals surface area contributed by atoms with E-state index in [9.17, 15) is 9.59 Å². The van der Waals surface area contributed by atoms with E-state index in [0.717, 1.165) is 49.0 Å². The zero-order valence-corrected chi connectivity index (χ0v) is 25.0. The third kappa shape index (κ3) is 6.57. The number of hydrogen-bond donors (Lipinski definition) is 2. The number of methoxy groups -OCH3 is 1. The number of hydrogen-bond acceptors (Lipinski definition) is 7. The fourth-order valence-corrected chi connectivity index (χ4v) is 6.68. The van der Waals surface area contributed by atoms with Gasteiger partial charge in [-0.15, -0.1) is 11.3 Å². The van der Waals surface area contributed by atoms with Gasteiger partial charge in [0.05, 0.1) is 35.6 Å². The maximum Gasteiger partial charge on any atom is 0.341 e. The van der Waals surface area contributed by atoms with Gasteiger partial charge in [-0.05, 0) is 81.6 Å². The number of carbonyl (C=O) groups is 2. The number of thiophene rings is 1. The van der Waals surface area contributed by atoms with Crippen molar-refractivity contribution in [1.82, 2.24) is 10.3 Å². The van der Waals surface area contributed by atoms with Crippen LogP contribution in [0.3, 0.4) is 0 Å². The molecular weight excluding hydrogens is 555 g/mol. The maximum atomic E-state index is 13.6. The van der Waals surface area contributed by atoms with Gasteiger partial charge in [0.2, 0.25) is 0 Å². The summed E-state index contributed by atoms with van der Waals surface area (Å²) in [5.41, 5.74) is 4.17. The Hall–Kier alpha value is -3.82. The molecule has 0 unspecified atom stereocenters. The van der Waals surface area contributed by atoms with Gasteiger partial charge in [0.1, 0.15) is 10.8 Å². The summed E-state index contributed by atoms with van der Waals surface area (Å²) in [6, 6.07) is 16.9. The minimum absolute atomic E-state index is 0.0344. The van der Waals surface area contributed by atoms with E-state index < -0.39 is 5.97 Å². The molecule has 4 aromatic rings. The lowest BCUT2D eigenvalue weighted by molar-refractivity contribution is 0.0601. The molecule has 2 aromatic heterocycles. The van der Waals surface area contributed by atoms with Crippen LogP contribution >= 0.6 is 23.6 Å². The summed E-state index contributed by atoms with van der Waals surface area (Å²) in [7, 11) is 1.38. The van der Waals surface area contributed by atoms with Gasteiger partial charge >= 0.3 is 5.97 Å². The first-order chi connectivity index (χ1) is 19.8. The van der Waals surface area contributed by atoms with Crippen molar-refractivity contribution in [1.29, 1.82) is 0 Å². The van der Waals surface area contributed by atoms with E-state index in [1.165, 1.54) is 29.7 Å². The van der Waals surface area contributed by atoms with Crippen LogP contribution in [0, 0.1) is 0 Å². The summed E-state index contributed by atoms with van der Waals surface area (Å²) in [5.74, 6) is -0.0325. The summed E-state index contributed by atoms with van der Waals surface area (Å²) < 4.78 is 11.0. The lowest BCUT2D eigenvalue weighted by Gasteiger charge is -2.14. The molecule has 5 rings (SSSR count). The third-order valence-corrected chi connectivity index (χ3v) is 8.39. The van der Waals surface area contributed by atoms with Gasteiger partial charge in [0, 0.05) is 15.8 Å². The Balaban J connectivity index is 1.43. The lowest BCUT2D eigenvalue weighted by atomic mass is 9.96. The molecule has 2 heterocycles. The second-order valence-corrected chi connectivity index (χ2v) is 11.8. The van der Waals surface area contributed by atoms with Crippen molar-refractivity contribution in [3.05, 3.63) is 76.2 Å².